The van der Waals surface area contributed by atoms with Gasteiger partial charge in [0.15, 0.2) is 0 Å². The second-order valence-corrected chi connectivity index (χ2v) is 7.29. The summed E-state index contributed by atoms with van der Waals surface area (Å²) in [6.45, 7) is 5.96. The normalized spacial score (nSPS) is 40.5. The van der Waals surface area contributed by atoms with E-state index in [1.165, 1.54) is 12.5 Å². The Hall–Kier alpha value is -1.35. The molecule has 3 nitrogen and oxygen atoms in total. The molecule has 0 aliphatic heterocycles. The Morgan fingerprint density at radius 2 is 1.95 bits per heavy atom. The third kappa shape index (κ3) is 2.26. The molecule has 2 aliphatic rings. The fourth-order valence-corrected chi connectivity index (χ4v) is 4.87. The maximum atomic E-state index is 11.5. The molecule has 0 spiro atoms. The quantitative estimate of drug-likeness (QED) is 0.798. The molecule has 1 aromatic carbocycles. The van der Waals surface area contributed by atoms with E-state index in [2.05, 4.69) is 44.2 Å². The lowest BCUT2D eigenvalue weighted by atomic mass is 9.63. The Bertz CT molecular complexity index is 555. The molecule has 120 valence electrons. The highest BCUT2D eigenvalue weighted by atomic mass is 16.5. The van der Waals surface area contributed by atoms with Crippen LogP contribution in [0.25, 0.3) is 0 Å². The Labute approximate surface area is 133 Å². The van der Waals surface area contributed by atoms with Gasteiger partial charge in [-0.2, -0.15) is 0 Å². The first-order chi connectivity index (χ1) is 10.4. The van der Waals surface area contributed by atoms with Crippen molar-refractivity contribution in [2.24, 2.45) is 11.8 Å². The van der Waals surface area contributed by atoms with Gasteiger partial charge in [-0.15, -0.1) is 0 Å². The third-order valence-electron chi connectivity index (χ3n) is 6.22. The van der Waals surface area contributed by atoms with Crippen molar-refractivity contribution >= 4 is 5.97 Å². The van der Waals surface area contributed by atoms with Gasteiger partial charge >= 0.3 is 5.97 Å². The van der Waals surface area contributed by atoms with E-state index < -0.39 is 0 Å². The Balaban J connectivity index is 2.04. The molecule has 0 radical (unpaired) electrons. The molecule has 0 saturated heterocycles. The van der Waals surface area contributed by atoms with Crippen molar-refractivity contribution in [1.29, 1.82) is 0 Å². The first kappa shape index (κ1) is 15.5. The third-order valence-corrected chi connectivity index (χ3v) is 6.22. The van der Waals surface area contributed by atoms with Gasteiger partial charge in [-0.05, 0) is 37.7 Å². The lowest BCUT2D eigenvalue weighted by Crippen LogP contribution is -2.44. The second-order valence-electron chi connectivity index (χ2n) is 7.29. The lowest BCUT2D eigenvalue weighted by Gasteiger charge is -2.43. The molecule has 2 fully saturated rings. The predicted molar refractivity (Wildman–Crippen MR) is 85.6 cm³/mol. The van der Waals surface area contributed by atoms with Crippen LogP contribution in [0.4, 0.5) is 0 Å². The van der Waals surface area contributed by atoms with Gasteiger partial charge in [-0.25, -0.2) is 0 Å². The highest BCUT2D eigenvalue weighted by Gasteiger charge is 2.61. The van der Waals surface area contributed by atoms with Crippen molar-refractivity contribution in [1.82, 2.24) is 0 Å². The van der Waals surface area contributed by atoms with E-state index in [-0.39, 0.29) is 23.1 Å². The predicted octanol–water partition coefficient (Wildman–Crippen LogP) is 3.71. The summed E-state index contributed by atoms with van der Waals surface area (Å²) in [5.74, 6) is 0.547. The number of carbonyl (C=O) groups is 1. The van der Waals surface area contributed by atoms with Crippen LogP contribution in [0.15, 0.2) is 30.3 Å². The van der Waals surface area contributed by atoms with E-state index in [1.807, 2.05) is 7.11 Å². The van der Waals surface area contributed by atoms with Crippen molar-refractivity contribution in [2.45, 2.75) is 57.2 Å². The number of carbonyl (C=O) groups excluding carboxylic acids is 1. The summed E-state index contributed by atoms with van der Waals surface area (Å²) in [5.41, 5.74) is 1.25. The average molecular weight is 302 g/mol. The summed E-state index contributed by atoms with van der Waals surface area (Å²) in [4.78, 5) is 11.5. The number of methoxy groups -OCH3 is 1. The SMILES string of the molecule is CO[C@@]1(C)C[C@@]2(c3ccccc3)C[C@@H]1C[C@@H](OC(C)=O)[C@H]2C. The zero-order chi connectivity index (χ0) is 16.0. The number of esters is 1. The van der Waals surface area contributed by atoms with Crippen molar-refractivity contribution in [2.75, 3.05) is 7.11 Å². The van der Waals surface area contributed by atoms with Gasteiger partial charge in [-0.3, -0.25) is 4.79 Å². The van der Waals surface area contributed by atoms with Crippen LogP contribution in [-0.4, -0.2) is 24.8 Å². The highest BCUT2D eigenvalue weighted by molar-refractivity contribution is 5.66. The first-order valence-corrected chi connectivity index (χ1v) is 8.19. The van der Waals surface area contributed by atoms with Gasteiger partial charge < -0.3 is 9.47 Å². The van der Waals surface area contributed by atoms with E-state index in [0.717, 1.165) is 19.3 Å². The van der Waals surface area contributed by atoms with Crippen molar-refractivity contribution in [3.63, 3.8) is 0 Å². The van der Waals surface area contributed by atoms with Gasteiger partial charge in [0.05, 0.1) is 5.60 Å². The van der Waals surface area contributed by atoms with Gasteiger partial charge in [0.2, 0.25) is 0 Å². The molecule has 2 bridgehead atoms. The summed E-state index contributed by atoms with van der Waals surface area (Å²) in [7, 11) is 1.81. The first-order valence-electron chi connectivity index (χ1n) is 8.19. The van der Waals surface area contributed by atoms with E-state index in [4.69, 9.17) is 9.47 Å². The topological polar surface area (TPSA) is 35.5 Å². The Morgan fingerprint density at radius 1 is 1.27 bits per heavy atom. The number of hydrogen-bond donors (Lipinski definition) is 0. The summed E-state index contributed by atoms with van der Waals surface area (Å²) in [6, 6.07) is 10.7. The van der Waals surface area contributed by atoms with Crippen LogP contribution in [0.2, 0.25) is 0 Å². The smallest absolute Gasteiger partial charge is 0.302 e. The molecule has 0 unspecified atom stereocenters. The zero-order valence-electron chi connectivity index (χ0n) is 14.0. The lowest BCUT2D eigenvalue weighted by molar-refractivity contribution is -0.153. The molecule has 2 aliphatic carbocycles. The van der Waals surface area contributed by atoms with E-state index >= 15 is 0 Å². The number of ether oxygens (including phenoxy) is 2. The minimum atomic E-state index is -0.180. The minimum absolute atomic E-state index is 0.0200. The van der Waals surface area contributed by atoms with Crippen LogP contribution in [0, 0.1) is 11.8 Å². The van der Waals surface area contributed by atoms with Crippen molar-refractivity contribution in [3.05, 3.63) is 35.9 Å². The maximum absolute atomic E-state index is 11.5. The van der Waals surface area contributed by atoms with Crippen LogP contribution in [0.3, 0.4) is 0 Å². The average Bonchev–Trinajstić information content (AvgIpc) is 2.77. The fraction of sp³-hybridized carbons (Fsp3) is 0.632. The number of hydrogen-bond acceptors (Lipinski definition) is 3. The molecular formula is C19H26O3. The summed E-state index contributed by atoms with van der Waals surface area (Å²) in [5, 5.41) is 0. The molecule has 5 atom stereocenters. The van der Waals surface area contributed by atoms with Crippen LogP contribution >= 0.6 is 0 Å². The van der Waals surface area contributed by atoms with E-state index in [0.29, 0.717) is 11.8 Å². The molecule has 0 N–H and O–H groups in total. The largest absolute Gasteiger partial charge is 0.462 e. The molecule has 3 heteroatoms. The molecular weight excluding hydrogens is 276 g/mol. The molecule has 2 saturated carbocycles. The summed E-state index contributed by atoms with van der Waals surface area (Å²) >= 11 is 0. The maximum Gasteiger partial charge on any atom is 0.302 e. The van der Waals surface area contributed by atoms with Crippen LogP contribution in [0.5, 0.6) is 0 Å². The molecule has 0 amide bonds. The minimum Gasteiger partial charge on any atom is -0.462 e. The van der Waals surface area contributed by atoms with Gasteiger partial charge in [0, 0.05) is 25.4 Å². The van der Waals surface area contributed by atoms with Gasteiger partial charge in [0.1, 0.15) is 6.10 Å². The standard InChI is InChI=1S/C19H26O3/c1-13-17(22-14(2)20)10-16-11-19(13,12-18(16,3)21-4)15-8-6-5-7-9-15/h5-9,13,16-17H,10-12H2,1-4H3/t13-,16+,17-,18+,19+/m1/s1. The number of fused-ring (bicyclic) bond motifs is 2. The number of rotatable bonds is 3. The molecule has 0 aromatic heterocycles. The van der Waals surface area contributed by atoms with Crippen molar-refractivity contribution < 1.29 is 14.3 Å². The van der Waals surface area contributed by atoms with Gasteiger partial charge in [-0.1, -0.05) is 37.3 Å². The van der Waals surface area contributed by atoms with Gasteiger partial charge in [0.25, 0.3) is 0 Å². The second kappa shape index (κ2) is 5.38. The molecule has 0 heterocycles. The van der Waals surface area contributed by atoms with Crippen LogP contribution < -0.4 is 0 Å². The van der Waals surface area contributed by atoms with Crippen molar-refractivity contribution in [3.8, 4) is 0 Å². The molecule has 3 rings (SSSR count). The fourth-order valence-electron chi connectivity index (χ4n) is 4.87. The summed E-state index contributed by atoms with van der Waals surface area (Å²) < 4.78 is 11.6. The van der Waals surface area contributed by atoms with E-state index in [9.17, 15) is 4.79 Å². The summed E-state index contributed by atoms with van der Waals surface area (Å²) in [6.07, 6.45) is 2.98. The Morgan fingerprint density at radius 3 is 2.55 bits per heavy atom. The molecule has 1 aromatic rings. The monoisotopic (exact) mass is 302 g/mol. The Kier molecular flexibility index (Phi) is 3.80. The highest BCUT2D eigenvalue weighted by Crippen LogP contribution is 2.61. The zero-order valence-corrected chi connectivity index (χ0v) is 14.0. The van der Waals surface area contributed by atoms with Crippen LogP contribution in [0.1, 0.15) is 45.6 Å². The van der Waals surface area contributed by atoms with Crippen LogP contribution in [-0.2, 0) is 19.7 Å². The molecule has 22 heavy (non-hydrogen) atoms. The van der Waals surface area contributed by atoms with E-state index in [1.54, 1.807) is 0 Å². The number of benzene rings is 1.